The smallest absolute Gasteiger partial charge is 0.320 e. The van der Waals surface area contributed by atoms with Gasteiger partial charge in [0, 0.05) is 58.4 Å². The van der Waals surface area contributed by atoms with Crippen molar-refractivity contribution >= 4 is 11.7 Å². The van der Waals surface area contributed by atoms with E-state index >= 15 is 0 Å². The number of anilines is 1. The van der Waals surface area contributed by atoms with Gasteiger partial charge in [0.15, 0.2) is 11.5 Å². The van der Waals surface area contributed by atoms with E-state index in [1.165, 1.54) is 32.1 Å². The molecule has 0 radical (unpaired) electrons. The summed E-state index contributed by atoms with van der Waals surface area (Å²) < 4.78 is 11.6. The quantitative estimate of drug-likeness (QED) is 0.741. The Morgan fingerprint density at radius 1 is 0.867 bits per heavy atom. The van der Waals surface area contributed by atoms with Crippen molar-refractivity contribution in [3.63, 3.8) is 0 Å². The van der Waals surface area contributed by atoms with Crippen LogP contribution in [-0.4, -0.2) is 92.3 Å². The molecule has 1 aromatic rings. The highest BCUT2D eigenvalue weighted by atomic mass is 16.6. The van der Waals surface area contributed by atoms with Gasteiger partial charge < -0.3 is 24.2 Å². The molecular weight excluding hydrogens is 380 g/mol. The summed E-state index contributed by atoms with van der Waals surface area (Å²) in [6.45, 7) is 8.83. The zero-order valence-corrected chi connectivity index (χ0v) is 17.9. The van der Waals surface area contributed by atoms with Crippen molar-refractivity contribution in [3.8, 4) is 11.5 Å². The summed E-state index contributed by atoms with van der Waals surface area (Å²) in [6, 6.07) is 6.92. The van der Waals surface area contributed by atoms with Gasteiger partial charge in [-0.1, -0.05) is 25.3 Å². The molecule has 0 atom stereocenters. The maximum absolute atomic E-state index is 12.9. The summed E-state index contributed by atoms with van der Waals surface area (Å²) in [7, 11) is 0. The Balaban J connectivity index is 1.10. The van der Waals surface area contributed by atoms with Gasteiger partial charge in [-0.2, -0.15) is 0 Å². The van der Waals surface area contributed by atoms with Gasteiger partial charge >= 0.3 is 6.03 Å². The fourth-order valence-electron chi connectivity index (χ4n) is 5.32. The fraction of sp³-hybridized carbons (Fsp3) is 0.696. The molecule has 0 bridgehead atoms. The van der Waals surface area contributed by atoms with Crippen LogP contribution in [-0.2, 0) is 0 Å². The molecular formula is C23H34N4O3. The second-order valence-electron chi connectivity index (χ2n) is 8.88. The van der Waals surface area contributed by atoms with Crippen molar-refractivity contribution in [1.82, 2.24) is 14.7 Å². The first-order valence-electron chi connectivity index (χ1n) is 11.7. The molecule has 7 nitrogen and oxygen atoms in total. The number of benzene rings is 1. The molecule has 3 fully saturated rings. The molecule has 4 aliphatic rings. The molecule has 0 N–H and O–H groups in total. The fourth-order valence-corrected chi connectivity index (χ4v) is 5.32. The second kappa shape index (κ2) is 8.92. The normalized spacial score (nSPS) is 23.3. The molecule has 0 aromatic heterocycles. The first-order chi connectivity index (χ1) is 14.8. The van der Waals surface area contributed by atoms with E-state index in [9.17, 15) is 4.79 Å². The van der Waals surface area contributed by atoms with E-state index in [0.717, 1.165) is 69.5 Å². The lowest BCUT2D eigenvalue weighted by Gasteiger charge is -2.38. The second-order valence-corrected chi connectivity index (χ2v) is 8.88. The lowest BCUT2D eigenvalue weighted by Crippen LogP contribution is -2.49. The van der Waals surface area contributed by atoms with Crippen LogP contribution in [0, 0.1) is 0 Å². The van der Waals surface area contributed by atoms with Crippen LogP contribution in [0.4, 0.5) is 10.5 Å². The molecule has 1 aliphatic carbocycles. The van der Waals surface area contributed by atoms with Crippen molar-refractivity contribution in [2.75, 3.05) is 70.5 Å². The predicted octanol–water partition coefficient (Wildman–Crippen LogP) is 2.65. The van der Waals surface area contributed by atoms with Gasteiger partial charge in [-0.25, -0.2) is 4.79 Å². The number of carbonyl (C=O) groups is 1. The van der Waals surface area contributed by atoms with Gasteiger partial charge in [0.05, 0.1) is 5.69 Å². The summed E-state index contributed by atoms with van der Waals surface area (Å²) in [5, 5.41) is 0. The van der Waals surface area contributed by atoms with Gasteiger partial charge in [-0.15, -0.1) is 0 Å². The van der Waals surface area contributed by atoms with Crippen LogP contribution in [0.3, 0.4) is 0 Å². The Morgan fingerprint density at radius 2 is 1.67 bits per heavy atom. The summed E-state index contributed by atoms with van der Waals surface area (Å²) >= 11 is 0. The highest BCUT2D eigenvalue weighted by molar-refractivity contribution is 5.77. The number of fused-ring (bicyclic) bond motifs is 1. The van der Waals surface area contributed by atoms with Crippen molar-refractivity contribution in [1.29, 1.82) is 0 Å². The first-order valence-corrected chi connectivity index (χ1v) is 11.7. The number of urea groups is 1. The third kappa shape index (κ3) is 4.04. The van der Waals surface area contributed by atoms with E-state index < -0.39 is 0 Å². The van der Waals surface area contributed by atoms with Gasteiger partial charge in [0.2, 0.25) is 0 Å². The molecule has 1 saturated carbocycles. The number of piperazine rings is 1. The van der Waals surface area contributed by atoms with Crippen LogP contribution in [0.2, 0.25) is 0 Å². The molecule has 5 rings (SSSR count). The summed E-state index contributed by atoms with van der Waals surface area (Å²) in [6.07, 6.45) is 6.28. The molecule has 2 amide bonds. The summed E-state index contributed by atoms with van der Waals surface area (Å²) in [5.74, 6) is 1.75. The van der Waals surface area contributed by atoms with Gasteiger partial charge in [-0.05, 0) is 25.0 Å². The average molecular weight is 415 g/mol. The number of rotatable bonds is 5. The zero-order valence-electron chi connectivity index (χ0n) is 17.9. The molecule has 3 aliphatic heterocycles. The van der Waals surface area contributed by atoms with Crippen LogP contribution in [0.5, 0.6) is 11.5 Å². The number of nitrogens with zero attached hydrogens (tertiary/aromatic N) is 4. The number of carbonyl (C=O) groups excluding carboxylic acids is 1. The highest BCUT2D eigenvalue weighted by Crippen LogP contribution is 2.39. The SMILES string of the molecule is O=C1N(CCN2CCN(c3cccc4c3OCCO4)CC2)CCN1C1CCCCC1. The Kier molecular flexibility index (Phi) is 5.88. The van der Waals surface area contributed by atoms with Crippen molar-refractivity contribution < 1.29 is 14.3 Å². The summed E-state index contributed by atoms with van der Waals surface area (Å²) in [4.78, 5) is 22.0. The first kappa shape index (κ1) is 19.8. The zero-order chi connectivity index (χ0) is 20.3. The lowest BCUT2D eigenvalue weighted by atomic mass is 9.94. The standard InChI is InChI=1S/C23H34N4O3/c28-23-26(15-16-27(23)19-5-2-1-3-6-19)14-11-24-9-12-25(13-10-24)20-7-4-8-21-22(20)30-18-17-29-21/h4,7-8,19H,1-3,5-6,9-18H2. The van der Waals surface area contributed by atoms with Crippen LogP contribution >= 0.6 is 0 Å². The van der Waals surface area contributed by atoms with Gasteiger partial charge in [0.1, 0.15) is 13.2 Å². The molecule has 30 heavy (non-hydrogen) atoms. The summed E-state index contributed by atoms with van der Waals surface area (Å²) in [5.41, 5.74) is 1.14. The molecule has 7 heteroatoms. The minimum atomic E-state index is 0.272. The largest absolute Gasteiger partial charge is 0.486 e. The maximum Gasteiger partial charge on any atom is 0.320 e. The van der Waals surface area contributed by atoms with E-state index in [0.29, 0.717) is 19.3 Å². The number of hydrogen-bond donors (Lipinski definition) is 0. The van der Waals surface area contributed by atoms with E-state index in [4.69, 9.17) is 9.47 Å². The lowest BCUT2D eigenvalue weighted by molar-refractivity contribution is 0.157. The third-order valence-electron chi connectivity index (χ3n) is 7.09. The van der Waals surface area contributed by atoms with Crippen molar-refractivity contribution in [2.45, 2.75) is 38.1 Å². The van der Waals surface area contributed by atoms with Crippen molar-refractivity contribution in [2.24, 2.45) is 0 Å². The molecule has 2 saturated heterocycles. The van der Waals surface area contributed by atoms with Gasteiger partial charge in [-0.3, -0.25) is 4.90 Å². The van der Waals surface area contributed by atoms with Crippen LogP contribution in [0.1, 0.15) is 32.1 Å². The number of amides is 2. The van der Waals surface area contributed by atoms with E-state index in [2.05, 4.69) is 25.7 Å². The van der Waals surface area contributed by atoms with E-state index in [1.54, 1.807) is 0 Å². The number of ether oxygens (including phenoxy) is 2. The van der Waals surface area contributed by atoms with E-state index in [-0.39, 0.29) is 6.03 Å². The minimum absolute atomic E-state index is 0.272. The average Bonchev–Trinajstić information content (AvgIpc) is 3.18. The van der Waals surface area contributed by atoms with Crippen LogP contribution in [0.25, 0.3) is 0 Å². The maximum atomic E-state index is 12.9. The molecule has 164 valence electrons. The van der Waals surface area contributed by atoms with Crippen LogP contribution < -0.4 is 14.4 Å². The highest BCUT2D eigenvalue weighted by Gasteiger charge is 2.34. The van der Waals surface area contributed by atoms with E-state index in [1.807, 2.05) is 12.1 Å². The predicted molar refractivity (Wildman–Crippen MR) is 117 cm³/mol. The minimum Gasteiger partial charge on any atom is -0.486 e. The Morgan fingerprint density at radius 3 is 2.50 bits per heavy atom. The Labute approximate surface area is 179 Å². The topological polar surface area (TPSA) is 48.5 Å². The van der Waals surface area contributed by atoms with Crippen LogP contribution in [0.15, 0.2) is 18.2 Å². The number of para-hydroxylation sites is 1. The monoisotopic (exact) mass is 414 g/mol. The van der Waals surface area contributed by atoms with Gasteiger partial charge in [0.25, 0.3) is 0 Å². The number of hydrogen-bond acceptors (Lipinski definition) is 5. The molecule has 0 unspecified atom stereocenters. The Hall–Kier alpha value is -2.15. The Bertz CT molecular complexity index is 744. The molecule has 3 heterocycles. The molecule has 0 spiro atoms. The third-order valence-corrected chi connectivity index (χ3v) is 7.09. The van der Waals surface area contributed by atoms with Crippen molar-refractivity contribution in [3.05, 3.63) is 18.2 Å². The molecule has 1 aromatic carbocycles.